The fourth-order valence-corrected chi connectivity index (χ4v) is 2.92. The van der Waals surface area contributed by atoms with E-state index < -0.39 is 10.0 Å². The van der Waals surface area contributed by atoms with Gasteiger partial charge in [-0.15, -0.1) is 0 Å². The molecule has 0 aliphatic heterocycles. The predicted octanol–water partition coefficient (Wildman–Crippen LogP) is 3.54. The summed E-state index contributed by atoms with van der Waals surface area (Å²) in [5, 5.41) is 4.46. The Kier molecular flexibility index (Phi) is 4.67. The van der Waals surface area contributed by atoms with Crippen molar-refractivity contribution >= 4 is 27.5 Å². The Morgan fingerprint density at radius 3 is 2.65 bits per heavy atom. The number of sulfonamides is 1. The van der Waals surface area contributed by atoms with Gasteiger partial charge in [0.25, 0.3) is 0 Å². The van der Waals surface area contributed by atoms with Crippen molar-refractivity contribution in [3.63, 3.8) is 0 Å². The van der Waals surface area contributed by atoms with Gasteiger partial charge in [0.2, 0.25) is 15.9 Å². The van der Waals surface area contributed by atoms with E-state index in [2.05, 4.69) is 9.88 Å². The van der Waals surface area contributed by atoms with Gasteiger partial charge in [0, 0.05) is 16.7 Å². The SMILES string of the molecule is CCCCS(=O)(=O)Nc1cc(-c2ccc(Cl)cc2)no1. The van der Waals surface area contributed by atoms with Crippen LogP contribution in [0.1, 0.15) is 19.8 Å². The second-order valence-electron chi connectivity index (χ2n) is 4.36. The summed E-state index contributed by atoms with van der Waals surface area (Å²) in [7, 11) is -3.38. The maximum atomic E-state index is 11.7. The van der Waals surface area contributed by atoms with Crippen molar-refractivity contribution in [3.8, 4) is 11.3 Å². The Morgan fingerprint density at radius 1 is 1.30 bits per heavy atom. The minimum atomic E-state index is -3.38. The van der Waals surface area contributed by atoms with E-state index in [0.29, 0.717) is 17.1 Å². The zero-order valence-electron chi connectivity index (χ0n) is 11.0. The quantitative estimate of drug-likeness (QED) is 0.885. The number of rotatable bonds is 6. The minimum Gasteiger partial charge on any atom is -0.337 e. The van der Waals surface area contributed by atoms with Crippen molar-refractivity contribution in [1.82, 2.24) is 5.16 Å². The molecule has 0 aliphatic carbocycles. The lowest BCUT2D eigenvalue weighted by Crippen LogP contribution is -2.16. The van der Waals surface area contributed by atoms with E-state index in [4.69, 9.17) is 16.1 Å². The fourth-order valence-electron chi connectivity index (χ4n) is 1.62. The van der Waals surface area contributed by atoms with Crippen molar-refractivity contribution in [2.24, 2.45) is 0 Å². The van der Waals surface area contributed by atoms with Crippen LogP contribution in [0.2, 0.25) is 5.02 Å². The molecule has 5 nitrogen and oxygen atoms in total. The highest BCUT2D eigenvalue weighted by atomic mass is 35.5. The summed E-state index contributed by atoms with van der Waals surface area (Å²) in [6.45, 7) is 1.93. The monoisotopic (exact) mass is 314 g/mol. The molecule has 0 unspecified atom stereocenters. The molecule has 0 atom stereocenters. The molecule has 0 bridgehead atoms. The highest BCUT2D eigenvalue weighted by Gasteiger charge is 2.14. The number of halogens is 1. The zero-order valence-corrected chi connectivity index (χ0v) is 12.5. The van der Waals surface area contributed by atoms with Crippen molar-refractivity contribution in [1.29, 1.82) is 0 Å². The van der Waals surface area contributed by atoms with Crippen molar-refractivity contribution in [2.75, 3.05) is 10.5 Å². The molecule has 2 aromatic rings. The van der Waals surface area contributed by atoms with Crippen molar-refractivity contribution in [3.05, 3.63) is 35.4 Å². The van der Waals surface area contributed by atoms with Crippen LogP contribution < -0.4 is 4.72 Å². The lowest BCUT2D eigenvalue weighted by Gasteiger charge is -2.02. The van der Waals surface area contributed by atoms with Gasteiger partial charge >= 0.3 is 0 Å². The minimum absolute atomic E-state index is 0.0699. The fraction of sp³-hybridized carbons (Fsp3) is 0.308. The molecular formula is C13H15ClN2O3S. The molecule has 7 heteroatoms. The summed E-state index contributed by atoms with van der Waals surface area (Å²) in [6, 6.07) is 8.59. The Labute approximate surface area is 123 Å². The maximum absolute atomic E-state index is 11.7. The van der Waals surface area contributed by atoms with Crippen LogP contribution in [0.25, 0.3) is 11.3 Å². The molecular weight excluding hydrogens is 300 g/mol. The molecule has 1 N–H and O–H groups in total. The van der Waals surface area contributed by atoms with Crippen molar-refractivity contribution in [2.45, 2.75) is 19.8 Å². The first kappa shape index (κ1) is 14.9. The van der Waals surface area contributed by atoms with Gasteiger partial charge in [-0.2, -0.15) is 0 Å². The number of aromatic nitrogens is 1. The summed E-state index contributed by atoms with van der Waals surface area (Å²) in [4.78, 5) is 0. The first-order chi connectivity index (χ1) is 9.50. The third kappa shape index (κ3) is 3.98. The largest absolute Gasteiger partial charge is 0.337 e. The molecule has 20 heavy (non-hydrogen) atoms. The highest BCUT2D eigenvalue weighted by molar-refractivity contribution is 7.92. The van der Waals surface area contributed by atoms with Crippen LogP contribution in [0.4, 0.5) is 5.88 Å². The predicted molar refractivity (Wildman–Crippen MR) is 79.3 cm³/mol. The van der Waals surface area contributed by atoms with Gasteiger partial charge in [0.05, 0.1) is 5.75 Å². The van der Waals surface area contributed by atoms with Gasteiger partial charge in [-0.25, -0.2) is 8.42 Å². The molecule has 1 aromatic carbocycles. The Balaban J connectivity index is 2.11. The summed E-state index contributed by atoms with van der Waals surface area (Å²) in [5.74, 6) is 0.187. The van der Waals surface area contributed by atoms with Crippen molar-refractivity contribution < 1.29 is 12.9 Å². The summed E-state index contributed by atoms with van der Waals surface area (Å²) >= 11 is 5.80. The average molecular weight is 315 g/mol. The lowest BCUT2D eigenvalue weighted by molar-refractivity contribution is 0.438. The van der Waals surface area contributed by atoms with E-state index in [1.807, 2.05) is 6.92 Å². The lowest BCUT2D eigenvalue weighted by atomic mass is 10.1. The third-order valence-corrected chi connectivity index (χ3v) is 4.26. The Morgan fingerprint density at radius 2 is 2.00 bits per heavy atom. The van der Waals surface area contributed by atoms with Crippen LogP contribution in [0.3, 0.4) is 0 Å². The van der Waals surface area contributed by atoms with Gasteiger partial charge in [0.15, 0.2) is 0 Å². The summed E-state index contributed by atoms with van der Waals surface area (Å²) in [5.41, 5.74) is 1.35. The molecule has 0 radical (unpaired) electrons. The van der Waals surface area contributed by atoms with Crippen LogP contribution in [-0.4, -0.2) is 19.3 Å². The second-order valence-corrected chi connectivity index (χ2v) is 6.64. The van der Waals surface area contributed by atoms with Crippen LogP contribution in [-0.2, 0) is 10.0 Å². The van der Waals surface area contributed by atoms with Crippen LogP contribution in [0.5, 0.6) is 0 Å². The molecule has 0 saturated heterocycles. The smallest absolute Gasteiger partial charge is 0.238 e. The standard InChI is InChI=1S/C13H15ClN2O3S/c1-2-3-8-20(17,18)16-13-9-12(15-19-13)10-4-6-11(14)7-5-10/h4-7,9,16H,2-3,8H2,1H3. The second kappa shape index (κ2) is 6.28. The van der Waals surface area contributed by atoms with E-state index in [0.717, 1.165) is 12.0 Å². The molecule has 0 aliphatic rings. The van der Waals surface area contributed by atoms with Crippen LogP contribution in [0, 0.1) is 0 Å². The number of nitrogens with zero attached hydrogens (tertiary/aromatic N) is 1. The Bertz CT molecular complexity index is 665. The van der Waals surface area contributed by atoms with Gasteiger partial charge in [0.1, 0.15) is 5.69 Å². The first-order valence-electron chi connectivity index (χ1n) is 6.23. The van der Waals surface area contributed by atoms with Gasteiger partial charge in [-0.05, 0) is 18.6 Å². The molecule has 0 saturated carbocycles. The number of benzene rings is 1. The maximum Gasteiger partial charge on any atom is 0.238 e. The number of anilines is 1. The number of nitrogens with one attached hydrogen (secondary N) is 1. The summed E-state index contributed by atoms with van der Waals surface area (Å²) < 4.78 is 30.8. The molecule has 2 rings (SSSR count). The van der Waals surface area contributed by atoms with E-state index >= 15 is 0 Å². The summed E-state index contributed by atoms with van der Waals surface area (Å²) in [6.07, 6.45) is 1.42. The molecule has 0 spiro atoms. The van der Waals surface area contributed by atoms with Gasteiger partial charge in [-0.3, -0.25) is 4.72 Å². The molecule has 0 amide bonds. The Hall–Kier alpha value is -1.53. The number of hydrogen-bond donors (Lipinski definition) is 1. The van der Waals surface area contributed by atoms with E-state index in [1.54, 1.807) is 30.3 Å². The topological polar surface area (TPSA) is 72.2 Å². The highest BCUT2D eigenvalue weighted by Crippen LogP contribution is 2.23. The van der Waals surface area contributed by atoms with Crippen LogP contribution in [0.15, 0.2) is 34.9 Å². The van der Waals surface area contributed by atoms with E-state index in [9.17, 15) is 8.42 Å². The molecule has 108 valence electrons. The van der Waals surface area contributed by atoms with Gasteiger partial charge < -0.3 is 4.52 Å². The van der Waals surface area contributed by atoms with Gasteiger partial charge in [-0.1, -0.05) is 42.2 Å². The molecule has 1 heterocycles. The zero-order chi connectivity index (χ0) is 14.6. The molecule has 0 fully saturated rings. The first-order valence-corrected chi connectivity index (χ1v) is 8.26. The number of hydrogen-bond acceptors (Lipinski definition) is 4. The number of unbranched alkanes of at least 4 members (excludes halogenated alkanes) is 1. The average Bonchev–Trinajstić information content (AvgIpc) is 2.85. The van der Waals surface area contributed by atoms with E-state index in [-0.39, 0.29) is 11.6 Å². The molecule has 1 aromatic heterocycles. The third-order valence-electron chi connectivity index (χ3n) is 2.67. The van der Waals surface area contributed by atoms with E-state index in [1.165, 1.54) is 0 Å². The normalized spacial score (nSPS) is 11.5. The van der Waals surface area contributed by atoms with Crippen LogP contribution >= 0.6 is 11.6 Å².